The molecule has 0 bridgehead atoms. The van der Waals surface area contributed by atoms with Gasteiger partial charge < -0.3 is 14.5 Å². The molecule has 3 heteroatoms. The zero-order valence-corrected chi connectivity index (χ0v) is 13.8. The van der Waals surface area contributed by atoms with Gasteiger partial charge in [-0.3, -0.25) is 0 Å². The molecule has 1 atom stereocenters. The highest BCUT2D eigenvalue weighted by Gasteiger charge is 2.33. The molecule has 0 aliphatic rings. The van der Waals surface area contributed by atoms with Gasteiger partial charge in [-0.1, -0.05) is 25.1 Å². The Labute approximate surface area is 127 Å². The summed E-state index contributed by atoms with van der Waals surface area (Å²) in [7, 11) is 0. The first-order valence-electron chi connectivity index (χ1n) is 7.86. The lowest BCUT2D eigenvalue weighted by Gasteiger charge is -2.33. The van der Waals surface area contributed by atoms with Gasteiger partial charge in [0, 0.05) is 12.0 Å². The minimum Gasteiger partial charge on any atom is -0.459 e. The molecule has 0 aliphatic carbocycles. The second-order valence-corrected chi connectivity index (χ2v) is 6.07. The first kappa shape index (κ1) is 16.1. The SMILES string of the molecule is CCCNC(c1cc2cccc(C)c2o1)C(C)(C)OCC. The van der Waals surface area contributed by atoms with E-state index in [9.17, 15) is 0 Å². The van der Waals surface area contributed by atoms with Crippen LogP contribution in [0.3, 0.4) is 0 Å². The van der Waals surface area contributed by atoms with Crippen molar-refractivity contribution in [1.29, 1.82) is 0 Å². The number of hydrogen-bond acceptors (Lipinski definition) is 3. The second kappa shape index (κ2) is 6.63. The Morgan fingerprint density at radius 3 is 2.67 bits per heavy atom. The van der Waals surface area contributed by atoms with Crippen LogP contribution < -0.4 is 5.32 Å². The molecule has 116 valence electrons. The molecule has 1 aromatic carbocycles. The summed E-state index contributed by atoms with van der Waals surface area (Å²) < 4.78 is 12.1. The summed E-state index contributed by atoms with van der Waals surface area (Å²) in [6, 6.07) is 8.43. The summed E-state index contributed by atoms with van der Waals surface area (Å²) >= 11 is 0. The van der Waals surface area contributed by atoms with E-state index in [1.807, 2.05) is 6.92 Å². The van der Waals surface area contributed by atoms with E-state index in [0.29, 0.717) is 6.61 Å². The van der Waals surface area contributed by atoms with Gasteiger partial charge in [0.05, 0.1) is 11.6 Å². The molecule has 0 radical (unpaired) electrons. The van der Waals surface area contributed by atoms with Crippen LogP contribution in [0.25, 0.3) is 11.0 Å². The first-order valence-corrected chi connectivity index (χ1v) is 7.86. The first-order chi connectivity index (χ1) is 9.99. The number of aryl methyl sites for hydroxylation is 1. The van der Waals surface area contributed by atoms with Crippen LogP contribution in [0.5, 0.6) is 0 Å². The summed E-state index contributed by atoms with van der Waals surface area (Å²) in [5.41, 5.74) is 1.83. The number of fused-ring (bicyclic) bond motifs is 1. The van der Waals surface area contributed by atoms with Crippen molar-refractivity contribution in [2.45, 2.75) is 52.7 Å². The van der Waals surface area contributed by atoms with Crippen molar-refractivity contribution in [3.63, 3.8) is 0 Å². The van der Waals surface area contributed by atoms with Crippen LogP contribution in [0.2, 0.25) is 0 Å². The maximum absolute atomic E-state index is 6.15. The molecule has 1 unspecified atom stereocenters. The van der Waals surface area contributed by atoms with Crippen LogP contribution in [-0.4, -0.2) is 18.8 Å². The van der Waals surface area contributed by atoms with Crippen molar-refractivity contribution < 1.29 is 9.15 Å². The Kier molecular flexibility index (Phi) is 5.07. The van der Waals surface area contributed by atoms with E-state index >= 15 is 0 Å². The van der Waals surface area contributed by atoms with Gasteiger partial charge >= 0.3 is 0 Å². The molecule has 0 amide bonds. The number of para-hydroxylation sites is 1. The summed E-state index contributed by atoms with van der Waals surface area (Å²) in [6.45, 7) is 12.1. The molecule has 1 N–H and O–H groups in total. The fourth-order valence-electron chi connectivity index (χ4n) is 2.80. The van der Waals surface area contributed by atoms with Gasteiger partial charge in [-0.25, -0.2) is 0 Å². The van der Waals surface area contributed by atoms with E-state index in [0.717, 1.165) is 29.7 Å². The van der Waals surface area contributed by atoms with E-state index < -0.39 is 0 Å². The van der Waals surface area contributed by atoms with Crippen LogP contribution in [0, 0.1) is 6.92 Å². The quantitative estimate of drug-likeness (QED) is 0.809. The van der Waals surface area contributed by atoms with Gasteiger partial charge in [0.2, 0.25) is 0 Å². The highest BCUT2D eigenvalue weighted by molar-refractivity contribution is 5.81. The highest BCUT2D eigenvalue weighted by Crippen LogP contribution is 2.33. The van der Waals surface area contributed by atoms with Gasteiger partial charge in [0.15, 0.2) is 0 Å². The summed E-state index contributed by atoms with van der Waals surface area (Å²) in [6.07, 6.45) is 1.08. The molecule has 0 fully saturated rings. The standard InChI is InChI=1S/C18H27NO2/c1-6-11-19-17(18(4,5)20-7-2)15-12-14-10-8-9-13(3)16(14)21-15/h8-10,12,17,19H,6-7,11H2,1-5H3. The zero-order chi connectivity index (χ0) is 15.5. The Hall–Kier alpha value is -1.32. The van der Waals surface area contributed by atoms with Gasteiger partial charge in [-0.15, -0.1) is 0 Å². The van der Waals surface area contributed by atoms with Crippen molar-refractivity contribution in [1.82, 2.24) is 5.32 Å². The normalized spacial score (nSPS) is 13.8. The lowest BCUT2D eigenvalue weighted by molar-refractivity contribution is -0.0436. The van der Waals surface area contributed by atoms with Gasteiger partial charge in [-0.2, -0.15) is 0 Å². The van der Waals surface area contributed by atoms with Crippen molar-refractivity contribution in [3.8, 4) is 0 Å². The molecule has 0 saturated heterocycles. The largest absolute Gasteiger partial charge is 0.459 e. The lowest BCUT2D eigenvalue weighted by Crippen LogP contribution is -2.41. The number of hydrogen-bond donors (Lipinski definition) is 1. The number of rotatable bonds is 7. The van der Waals surface area contributed by atoms with Crippen LogP contribution in [-0.2, 0) is 4.74 Å². The van der Waals surface area contributed by atoms with Gasteiger partial charge in [0.25, 0.3) is 0 Å². The minimum absolute atomic E-state index is 0.0456. The van der Waals surface area contributed by atoms with Gasteiger partial charge in [0.1, 0.15) is 11.3 Å². The number of furan rings is 1. The lowest BCUT2D eigenvalue weighted by atomic mass is 9.95. The molecule has 1 aromatic heterocycles. The van der Waals surface area contributed by atoms with E-state index in [4.69, 9.17) is 9.15 Å². The molecule has 1 heterocycles. The Morgan fingerprint density at radius 2 is 2.05 bits per heavy atom. The molecule has 2 rings (SSSR count). The molecule has 0 spiro atoms. The summed E-state index contributed by atoms with van der Waals surface area (Å²) in [5.74, 6) is 0.950. The average molecular weight is 289 g/mol. The monoisotopic (exact) mass is 289 g/mol. The van der Waals surface area contributed by atoms with E-state index in [-0.39, 0.29) is 11.6 Å². The Morgan fingerprint density at radius 1 is 1.29 bits per heavy atom. The molecular weight excluding hydrogens is 262 g/mol. The van der Waals surface area contributed by atoms with Crippen molar-refractivity contribution in [3.05, 3.63) is 35.6 Å². The Balaban J connectivity index is 2.40. The van der Waals surface area contributed by atoms with Crippen LogP contribution in [0.1, 0.15) is 51.5 Å². The van der Waals surface area contributed by atoms with Crippen molar-refractivity contribution in [2.75, 3.05) is 13.2 Å². The number of ether oxygens (including phenoxy) is 1. The van der Waals surface area contributed by atoms with Crippen molar-refractivity contribution >= 4 is 11.0 Å². The Bertz CT molecular complexity index is 586. The fourth-order valence-corrected chi connectivity index (χ4v) is 2.80. The van der Waals surface area contributed by atoms with Crippen LogP contribution in [0.15, 0.2) is 28.7 Å². The van der Waals surface area contributed by atoms with E-state index in [1.165, 1.54) is 5.56 Å². The molecule has 21 heavy (non-hydrogen) atoms. The van der Waals surface area contributed by atoms with E-state index in [2.05, 4.69) is 57.3 Å². The molecule has 0 aliphatic heterocycles. The van der Waals surface area contributed by atoms with Gasteiger partial charge in [-0.05, 0) is 52.3 Å². The molecule has 3 nitrogen and oxygen atoms in total. The predicted octanol–water partition coefficient (Wildman–Crippen LogP) is 4.60. The highest BCUT2D eigenvalue weighted by atomic mass is 16.5. The average Bonchev–Trinajstić information content (AvgIpc) is 2.84. The molecular formula is C18H27NO2. The number of nitrogens with one attached hydrogen (secondary N) is 1. The van der Waals surface area contributed by atoms with E-state index in [1.54, 1.807) is 0 Å². The third kappa shape index (κ3) is 3.47. The zero-order valence-electron chi connectivity index (χ0n) is 13.8. The summed E-state index contributed by atoms with van der Waals surface area (Å²) in [4.78, 5) is 0. The fraction of sp³-hybridized carbons (Fsp3) is 0.556. The third-order valence-electron chi connectivity index (χ3n) is 3.85. The molecule has 2 aromatic rings. The number of benzene rings is 1. The molecule has 0 saturated carbocycles. The maximum Gasteiger partial charge on any atom is 0.137 e. The minimum atomic E-state index is -0.314. The summed E-state index contributed by atoms with van der Waals surface area (Å²) in [5, 5.41) is 4.73. The smallest absolute Gasteiger partial charge is 0.137 e. The second-order valence-electron chi connectivity index (χ2n) is 6.07. The topological polar surface area (TPSA) is 34.4 Å². The third-order valence-corrected chi connectivity index (χ3v) is 3.85. The van der Waals surface area contributed by atoms with Crippen LogP contribution >= 0.6 is 0 Å². The van der Waals surface area contributed by atoms with Crippen LogP contribution in [0.4, 0.5) is 0 Å². The maximum atomic E-state index is 6.15. The predicted molar refractivity (Wildman–Crippen MR) is 87.7 cm³/mol. The van der Waals surface area contributed by atoms with Crippen molar-refractivity contribution in [2.24, 2.45) is 0 Å².